The first-order valence-corrected chi connectivity index (χ1v) is 5.72. The van der Waals surface area contributed by atoms with Crippen LogP contribution in [0.2, 0.25) is 0 Å². The lowest BCUT2D eigenvalue weighted by molar-refractivity contribution is -0.114. The Hall–Kier alpha value is -0.900. The second-order valence-electron chi connectivity index (χ2n) is 4.58. The Morgan fingerprint density at radius 3 is 2.94 bits per heavy atom. The van der Waals surface area contributed by atoms with Gasteiger partial charge in [-0.3, -0.25) is 0 Å². The van der Waals surface area contributed by atoms with E-state index >= 15 is 0 Å². The number of rotatable bonds is 2. The molecule has 0 radical (unpaired) electrons. The summed E-state index contributed by atoms with van der Waals surface area (Å²) >= 11 is 0. The molecule has 0 saturated carbocycles. The highest BCUT2D eigenvalue weighted by Gasteiger charge is 2.35. The molecule has 16 heavy (non-hydrogen) atoms. The van der Waals surface area contributed by atoms with Gasteiger partial charge < -0.3 is 15.2 Å². The topological polar surface area (TPSA) is 41.5 Å². The van der Waals surface area contributed by atoms with Crippen LogP contribution in [0, 0.1) is 6.92 Å². The van der Waals surface area contributed by atoms with Gasteiger partial charge in [0, 0.05) is 13.1 Å². The van der Waals surface area contributed by atoms with Crippen molar-refractivity contribution >= 4 is 0 Å². The van der Waals surface area contributed by atoms with Crippen LogP contribution < -0.4 is 5.32 Å². The molecule has 1 heterocycles. The van der Waals surface area contributed by atoms with Crippen molar-refractivity contribution < 1.29 is 9.84 Å². The highest BCUT2D eigenvalue weighted by atomic mass is 16.5. The zero-order valence-electron chi connectivity index (χ0n) is 9.86. The Balaban J connectivity index is 2.22. The maximum atomic E-state index is 10.6. The number of hydrogen-bond donors (Lipinski definition) is 2. The van der Waals surface area contributed by atoms with Crippen molar-refractivity contribution in [1.82, 2.24) is 5.32 Å². The smallest absolute Gasteiger partial charge is 0.114 e. The van der Waals surface area contributed by atoms with Crippen molar-refractivity contribution in [2.75, 3.05) is 19.7 Å². The zero-order valence-corrected chi connectivity index (χ0v) is 9.86. The number of hydrogen-bond acceptors (Lipinski definition) is 3. The molecule has 0 bridgehead atoms. The first-order valence-electron chi connectivity index (χ1n) is 5.72. The van der Waals surface area contributed by atoms with Crippen molar-refractivity contribution in [2.24, 2.45) is 0 Å². The van der Waals surface area contributed by atoms with Crippen LogP contribution in [0.4, 0.5) is 0 Å². The molecule has 0 spiro atoms. The van der Waals surface area contributed by atoms with E-state index in [1.807, 2.05) is 38.1 Å². The SMILES string of the molecule is Cc1cccc(C(C)(O)C2CNCCO2)c1. The maximum Gasteiger partial charge on any atom is 0.114 e. The van der Waals surface area contributed by atoms with Crippen LogP contribution in [-0.2, 0) is 10.3 Å². The van der Waals surface area contributed by atoms with Gasteiger partial charge in [0.2, 0.25) is 0 Å². The Labute approximate surface area is 96.4 Å². The minimum absolute atomic E-state index is 0.178. The number of ether oxygens (including phenoxy) is 1. The fraction of sp³-hybridized carbons (Fsp3) is 0.538. The molecule has 3 nitrogen and oxygen atoms in total. The van der Waals surface area contributed by atoms with E-state index in [2.05, 4.69) is 5.32 Å². The predicted molar refractivity (Wildman–Crippen MR) is 63.4 cm³/mol. The molecule has 1 aliphatic heterocycles. The average Bonchev–Trinajstić information content (AvgIpc) is 2.30. The fourth-order valence-corrected chi connectivity index (χ4v) is 2.07. The van der Waals surface area contributed by atoms with E-state index in [1.54, 1.807) is 0 Å². The number of nitrogens with one attached hydrogen (secondary N) is 1. The first-order chi connectivity index (χ1) is 7.60. The van der Waals surface area contributed by atoms with Crippen LogP contribution in [-0.4, -0.2) is 30.9 Å². The van der Waals surface area contributed by atoms with Crippen molar-refractivity contribution in [3.63, 3.8) is 0 Å². The number of benzene rings is 1. The summed E-state index contributed by atoms with van der Waals surface area (Å²) in [5, 5.41) is 13.8. The van der Waals surface area contributed by atoms with Gasteiger partial charge in [-0.05, 0) is 19.4 Å². The predicted octanol–water partition coefficient (Wildman–Crippen LogP) is 1.19. The summed E-state index contributed by atoms with van der Waals surface area (Å²) in [4.78, 5) is 0. The second-order valence-corrected chi connectivity index (χ2v) is 4.58. The highest BCUT2D eigenvalue weighted by molar-refractivity contribution is 5.28. The van der Waals surface area contributed by atoms with Gasteiger partial charge in [0.1, 0.15) is 11.7 Å². The third-order valence-electron chi connectivity index (χ3n) is 3.16. The molecule has 0 aromatic heterocycles. The Morgan fingerprint density at radius 1 is 1.50 bits per heavy atom. The number of morpholine rings is 1. The molecule has 3 heteroatoms. The van der Waals surface area contributed by atoms with Gasteiger partial charge in [0.05, 0.1) is 6.61 Å². The van der Waals surface area contributed by atoms with E-state index in [4.69, 9.17) is 4.74 Å². The molecule has 0 amide bonds. The lowest BCUT2D eigenvalue weighted by Crippen LogP contribution is -2.50. The van der Waals surface area contributed by atoms with Crippen LogP contribution >= 0.6 is 0 Å². The molecule has 1 fully saturated rings. The molecule has 2 unspecified atom stereocenters. The van der Waals surface area contributed by atoms with Gasteiger partial charge in [-0.1, -0.05) is 29.8 Å². The normalized spacial score (nSPS) is 25.1. The molecular formula is C13H19NO2. The van der Waals surface area contributed by atoms with E-state index in [-0.39, 0.29) is 6.10 Å². The van der Waals surface area contributed by atoms with E-state index in [0.717, 1.165) is 17.7 Å². The molecule has 1 aromatic carbocycles. The lowest BCUT2D eigenvalue weighted by atomic mass is 9.88. The average molecular weight is 221 g/mol. The summed E-state index contributed by atoms with van der Waals surface area (Å²) in [6.45, 7) is 6.06. The lowest BCUT2D eigenvalue weighted by Gasteiger charge is -2.36. The van der Waals surface area contributed by atoms with Crippen LogP contribution in [0.1, 0.15) is 18.1 Å². The van der Waals surface area contributed by atoms with Crippen LogP contribution in [0.3, 0.4) is 0 Å². The summed E-state index contributed by atoms with van der Waals surface area (Å²) in [7, 11) is 0. The molecular weight excluding hydrogens is 202 g/mol. The van der Waals surface area contributed by atoms with Crippen molar-refractivity contribution in [3.8, 4) is 0 Å². The van der Waals surface area contributed by atoms with Crippen LogP contribution in [0.5, 0.6) is 0 Å². The molecule has 2 atom stereocenters. The van der Waals surface area contributed by atoms with Gasteiger partial charge in [-0.2, -0.15) is 0 Å². The standard InChI is InChI=1S/C13H19NO2/c1-10-4-3-5-11(8-10)13(2,15)12-9-14-6-7-16-12/h3-5,8,12,14-15H,6-7,9H2,1-2H3. The third-order valence-corrected chi connectivity index (χ3v) is 3.16. The summed E-state index contributed by atoms with van der Waals surface area (Å²) in [6, 6.07) is 7.96. The Morgan fingerprint density at radius 2 is 2.31 bits per heavy atom. The Kier molecular flexibility index (Phi) is 3.28. The van der Waals surface area contributed by atoms with Gasteiger partial charge in [0.25, 0.3) is 0 Å². The molecule has 88 valence electrons. The minimum atomic E-state index is -0.931. The van der Waals surface area contributed by atoms with E-state index in [9.17, 15) is 5.11 Å². The fourth-order valence-electron chi connectivity index (χ4n) is 2.07. The van der Waals surface area contributed by atoms with Gasteiger partial charge in [-0.15, -0.1) is 0 Å². The minimum Gasteiger partial charge on any atom is -0.383 e. The molecule has 2 rings (SSSR count). The Bertz CT molecular complexity index is 357. The molecule has 1 saturated heterocycles. The molecule has 1 aromatic rings. The third kappa shape index (κ3) is 2.26. The zero-order chi connectivity index (χ0) is 11.6. The quantitative estimate of drug-likeness (QED) is 0.788. The first kappa shape index (κ1) is 11.6. The second kappa shape index (κ2) is 4.53. The van der Waals surface area contributed by atoms with E-state index in [1.165, 1.54) is 0 Å². The summed E-state index contributed by atoms with van der Waals surface area (Å²) < 4.78 is 5.62. The van der Waals surface area contributed by atoms with Crippen LogP contribution in [0.25, 0.3) is 0 Å². The molecule has 2 N–H and O–H groups in total. The van der Waals surface area contributed by atoms with Crippen molar-refractivity contribution in [3.05, 3.63) is 35.4 Å². The van der Waals surface area contributed by atoms with E-state index in [0.29, 0.717) is 13.2 Å². The summed E-state index contributed by atoms with van der Waals surface area (Å²) in [5.41, 5.74) is 1.14. The monoisotopic (exact) mass is 221 g/mol. The number of aliphatic hydroxyl groups is 1. The summed E-state index contributed by atoms with van der Waals surface area (Å²) in [5.74, 6) is 0. The van der Waals surface area contributed by atoms with E-state index < -0.39 is 5.60 Å². The molecule has 0 aliphatic carbocycles. The summed E-state index contributed by atoms with van der Waals surface area (Å²) in [6.07, 6.45) is -0.178. The largest absolute Gasteiger partial charge is 0.383 e. The maximum absolute atomic E-state index is 10.6. The molecule has 1 aliphatic rings. The van der Waals surface area contributed by atoms with Crippen molar-refractivity contribution in [2.45, 2.75) is 25.6 Å². The van der Waals surface area contributed by atoms with Gasteiger partial charge >= 0.3 is 0 Å². The van der Waals surface area contributed by atoms with Crippen molar-refractivity contribution in [1.29, 1.82) is 0 Å². The van der Waals surface area contributed by atoms with Gasteiger partial charge in [-0.25, -0.2) is 0 Å². The van der Waals surface area contributed by atoms with Gasteiger partial charge in [0.15, 0.2) is 0 Å². The highest BCUT2D eigenvalue weighted by Crippen LogP contribution is 2.27. The number of aryl methyl sites for hydroxylation is 1. The van der Waals surface area contributed by atoms with Crippen LogP contribution in [0.15, 0.2) is 24.3 Å².